The van der Waals surface area contributed by atoms with Crippen LogP contribution in [-0.2, 0) is 0 Å². The Bertz CT molecular complexity index is 609. The Labute approximate surface area is 137 Å². The van der Waals surface area contributed by atoms with Gasteiger partial charge in [-0.25, -0.2) is 0 Å². The number of nitrogens with one attached hydrogen (secondary N) is 1. The molecule has 0 saturated carbocycles. The molecule has 0 fully saturated rings. The molecule has 0 atom stereocenters. The SMILES string of the molecule is Cc1ccc(OCCCCCOc2ccc(C(=N)N)cc2)cn1. The number of hydrogen-bond acceptors (Lipinski definition) is 4. The number of unbranched alkanes of at least 4 members (excludes halogenated alkanes) is 2. The minimum Gasteiger partial charge on any atom is -0.494 e. The highest BCUT2D eigenvalue weighted by atomic mass is 16.5. The van der Waals surface area contributed by atoms with Crippen LogP contribution in [0.2, 0.25) is 0 Å². The maximum absolute atomic E-state index is 7.33. The molecule has 1 aromatic heterocycles. The number of nitrogens with zero attached hydrogens (tertiary/aromatic N) is 1. The van der Waals surface area contributed by atoms with Gasteiger partial charge < -0.3 is 15.2 Å². The number of benzene rings is 1. The third-order valence-electron chi connectivity index (χ3n) is 3.38. The molecule has 2 rings (SSSR count). The monoisotopic (exact) mass is 313 g/mol. The van der Waals surface area contributed by atoms with Gasteiger partial charge in [0.05, 0.1) is 19.4 Å². The molecule has 122 valence electrons. The van der Waals surface area contributed by atoms with Crippen LogP contribution in [-0.4, -0.2) is 24.0 Å². The van der Waals surface area contributed by atoms with E-state index >= 15 is 0 Å². The zero-order chi connectivity index (χ0) is 16.5. The van der Waals surface area contributed by atoms with Gasteiger partial charge in [0.2, 0.25) is 0 Å². The van der Waals surface area contributed by atoms with Gasteiger partial charge in [-0.3, -0.25) is 10.4 Å². The van der Waals surface area contributed by atoms with Crippen LogP contribution >= 0.6 is 0 Å². The van der Waals surface area contributed by atoms with Gasteiger partial charge in [0.15, 0.2) is 0 Å². The number of pyridine rings is 1. The first-order chi connectivity index (χ1) is 11.1. The Kier molecular flexibility index (Phi) is 6.41. The topological polar surface area (TPSA) is 81.2 Å². The number of nitrogens with two attached hydrogens (primary N) is 1. The first kappa shape index (κ1) is 16.8. The van der Waals surface area contributed by atoms with Crippen molar-refractivity contribution in [1.82, 2.24) is 4.98 Å². The summed E-state index contributed by atoms with van der Waals surface area (Å²) in [5.74, 6) is 1.69. The number of rotatable bonds is 9. The average molecular weight is 313 g/mol. The van der Waals surface area contributed by atoms with Crippen molar-refractivity contribution in [2.75, 3.05) is 13.2 Å². The molecule has 0 aliphatic carbocycles. The van der Waals surface area contributed by atoms with Gasteiger partial charge in [-0.05, 0) is 62.6 Å². The summed E-state index contributed by atoms with van der Waals surface area (Å²) in [5.41, 5.74) is 7.11. The Morgan fingerprint density at radius 2 is 1.57 bits per heavy atom. The molecule has 3 N–H and O–H groups in total. The molecule has 0 unspecified atom stereocenters. The highest BCUT2D eigenvalue weighted by Crippen LogP contribution is 2.13. The highest BCUT2D eigenvalue weighted by molar-refractivity contribution is 5.94. The highest BCUT2D eigenvalue weighted by Gasteiger charge is 1.98. The van der Waals surface area contributed by atoms with E-state index in [2.05, 4.69) is 4.98 Å². The van der Waals surface area contributed by atoms with E-state index in [1.807, 2.05) is 31.2 Å². The second-order valence-corrected chi connectivity index (χ2v) is 5.33. The second kappa shape index (κ2) is 8.78. The van der Waals surface area contributed by atoms with Gasteiger partial charge in [-0.15, -0.1) is 0 Å². The van der Waals surface area contributed by atoms with Crippen LogP contribution in [0.4, 0.5) is 0 Å². The van der Waals surface area contributed by atoms with E-state index < -0.39 is 0 Å². The fourth-order valence-corrected chi connectivity index (χ4v) is 2.03. The number of aryl methyl sites for hydroxylation is 1. The lowest BCUT2D eigenvalue weighted by molar-refractivity contribution is 0.279. The summed E-state index contributed by atoms with van der Waals surface area (Å²) >= 11 is 0. The van der Waals surface area contributed by atoms with Gasteiger partial charge in [0, 0.05) is 11.3 Å². The van der Waals surface area contributed by atoms with E-state index in [4.69, 9.17) is 20.6 Å². The van der Waals surface area contributed by atoms with E-state index in [0.29, 0.717) is 18.8 Å². The van der Waals surface area contributed by atoms with Crippen molar-refractivity contribution >= 4 is 5.84 Å². The Balaban J connectivity index is 1.55. The first-order valence-corrected chi connectivity index (χ1v) is 7.78. The lowest BCUT2D eigenvalue weighted by atomic mass is 10.2. The van der Waals surface area contributed by atoms with Gasteiger partial charge in [-0.2, -0.15) is 0 Å². The van der Waals surface area contributed by atoms with Crippen molar-refractivity contribution in [3.8, 4) is 11.5 Å². The average Bonchev–Trinajstić information content (AvgIpc) is 2.56. The summed E-state index contributed by atoms with van der Waals surface area (Å²) < 4.78 is 11.3. The van der Waals surface area contributed by atoms with Crippen molar-refractivity contribution < 1.29 is 9.47 Å². The number of hydrogen-bond donors (Lipinski definition) is 2. The summed E-state index contributed by atoms with van der Waals surface area (Å²) in [7, 11) is 0. The molecule has 0 bridgehead atoms. The van der Waals surface area contributed by atoms with E-state index in [1.165, 1.54) is 0 Å². The third-order valence-corrected chi connectivity index (χ3v) is 3.38. The maximum atomic E-state index is 7.33. The largest absolute Gasteiger partial charge is 0.494 e. The summed E-state index contributed by atoms with van der Waals surface area (Å²) in [6.07, 6.45) is 4.76. The molecule has 0 saturated heterocycles. The first-order valence-electron chi connectivity index (χ1n) is 7.78. The Morgan fingerprint density at radius 3 is 2.13 bits per heavy atom. The van der Waals surface area contributed by atoms with Crippen molar-refractivity contribution in [2.24, 2.45) is 5.73 Å². The van der Waals surface area contributed by atoms with Gasteiger partial charge >= 0.3 is 0 Å². The molecule has 0 amide bonds. The molecule has 2 aromatic rings. The predicted octanol–water partition coefficient (Wildman–Crippen LogP) is 3.30. The van der Waals surface area contributed by atoms with Gasteiger partial charge in [0.25, 0.3) is 0 Å². The van der Waals surface area contributed by atoms with Crippen LogP contribution in [0, 0.1) is 12.3 Å². The lowest BCUT2D eigenvalue weighted by Crippen LogP contribution is -2.10. The minimum atomic E-state index is 0.0697. The smallest absolute Gasteiger partial charge is 0.137 e. The molecule has 0 aliphatic heterocycles. The zero-order valence-electron chi connectivity index (χ0n) is 13.4. The predicted molar refractivity (Wildman–Crippen MR) is 91.3 cm³/mol. The molecule has 1 heterocycles. The van der Waals surface area contributed by atoms with Crippen molar-refractivity contribution in [3.63, 3.8) is 0 Å². The Morgan fingerprint density at radius 1 is 0.957 bits per heavy atom. The van der Waals surface area contributed by atoms with Crippen molar-refractivity contribution in [1.29, 1.82) is 5.41 Å². The quantitative estimate of drug-likeness (QED) is 0.423. The van der Waals surface area contributed by atoms with Crippen LogP contribution < -0.4 is 15.2 Å². The molecule has 5 nitrogen and oxygen atoms in total. The van der Waals surface area contributed by atoms with Crippen molar-refractivity contribution in [3.05, 3.63) is 53.9 Å². The number of ether oxygens (including phenoxy) is 2. The summed E-state index contributed by atoms with van der Waals surface area (Å²) in [5, 5.41) is 7.33. The zero-order valence-corrected chi connectivity index (χ0v) is 13.4. The molecule has 5 heteroatoms. The molecule has 0 radical (unpaired) electrons. The standard InChI is InChI=1S/C18H23N3O2/c1-14-5-8-17(13-21-14)23-12-4-2-3-11-22-16-9-6-15(7-10-16)18(19)20/h5-10,13H,2-4,11-12H2,1H3,(H3,19,20). The van der Waals surface area contributed by atoms with Gasteiger partial charge in [0.1, 0.15) is 17.3 Å². The van der Waals surface area contributed by atoms with E-state index in [0.717, 1.165) is 36.5 Å². The van der Waals surface area contributed by atoms with Crippen LogP contribution in [0.25, 0.3) is 0 Å². The molecule has 0 spiro atoms. The van der Waals surface area contributed by atoms with Crippen molar-refractivity contribution in [2.45, 2.75) is 26.2 Å². The number of amidine groups is 1. The normalized spacial score (nSPS) is 10.3. The summed E-state index contributed by atoms with van der Waals surface area (Å²) in [4.78, 5) is 4.19. The number of nitrogen functional groups attached to an aromatic ring is 1. The molecular weight excluding hydrogens is 290 g/mol. The minimum absolute atomic E-state index is 0.0697. The van der Waals surface area contributed by atoms with Crippen LogP contribution in [0.15, 0.2) is 42.6 Å². The molecular formula is C18H23N3O2. The summed E-state index contributed by atoms with van der Waals surface area (Å²) in [6, 6.07) is 11.1. The van der Waals surface area contributed by atoms with E-state index in [9.17, 15) is 0 Å². The fourth-order valence-electron chi connectivity index (χ4n) is 2.03. The molecule has 1 aromatic carbocycles. The van der Waals surface area contributed by atoms with E-state index in [-0.39, 0.29) is 5.84 Å². The lowest BCUT2D eigenvalue weighted by Gasteiger charge is -2.08. The number of aromatic nitrogens is 1. The molecule has 23 heavy (non-hydrogen) atoms. The van der Waals surface area contributed by atoms with E-state index in [1.54, 1.807) is 18.3 Å². The van der Waals surface area contributed by atoms with Crippen LogP contribution in [0.1, 0.15) is 30.5 Å². The fraction of sp³-hybridized carbons (Fsp3) is 0.333. The third kappa shape index (κ3) is 5.98. The van der Waals surface area contributed by atoms with Gasteiger partial charge in [-0.1, -0.05) is 0 Å². The maximum Gasteiger partial charge on any atom is 0.137 e. The van der Waals surface area contributed by atoms with Crippen LogP contribution in [0.3, 0.4) is 0 Å². The Hall–Kier alpha value is -2.56. The second-order valence-electron chi connectivity index (χ2n) is 5.33. The summed E-state index contributed by atoms with van der Waals surface area (Å²) in [6.45, 7) is 3.32. The van der Waals surface area contributed by atoms with Crippen LogP contribution in [0.5, 0.6) is 11.5 Å². The molecule has 0 aliphatic rings.